The second-order valence-corrected chi connectivity index (χ2v) is 5.15. The first kappa shape index (κ1) is 14.5. The summed E-state index contributed by atoms with van der Waals surface area (Å²) in [4.78, 5) is 4.22. The lowest BCUT2D eigenvalue weighted by Crippen LogP contribution is -2.05. The molecule has 3 rings (SSSR count). The van der Waals surface area contributed by atoms with Gasteiger partial charge in [-0.15, -0.1) is 10.2 Å². The van der Waals surface area contributed by atoms with E-state index >= 15 is 0 Å². The van der Waals surface area contributed by atoms with Crippen molar-refractivity contribution in [2.75, 3.05) is 11.9 Å². The number of H-pyrrole nitrogens is 1. The SMILES string of the molecule is FC(F)(F)c1nnc(NCCc2nc(-c3ccco3)n[nH]2)s1. The van der Waals surface area contributed by atoms with Gasteiger partial charge in [-0.05, 0) is 12.1 Å². The number of nitrogens with one attached hydrogen (secondary N) is 2. The van der Waals surface area contributed by atoms with Crippen LogP contribution in [-0.2, 0) is 12.6 Å². The molecule has 0 unspecified atom stereocenters. The van der Waals surface area contributed by atoms with E-state index < -0.39 is 11.2 Å². The third-order valence-electron chi connectivity index (χ3n) is 2.58. The van der Waals surface area contributed by atoms with Crippen molar-refractivity contribution in [1.29, 1.82) is 0 Å². The van der Waals surface area contributed by atoms with Gasteiger partial charge in [-0.1, -0.05) is 11.3 Å². The minimum Gasteiger partial charge on any atom is -0.461 e. The summed E-state index contributed by atoms with van der Waals surface area (Å²) >= 11 is 0.459. The molecule has 7 nitrogen and oxygen atoms in total. The highest BCUT2D eigenvalue weighted by Crippen LogP contribution is 2.32. The molecule has 0 aromatic carbocycles. The van der Waals surface area contributed by atoms with Crippen molar-refractivity contribution < 1.29 is 17.6 Å². The topological polar surface area (TPSA) is 92.5 Å². The highest BCUT2D eigenvalue weighted by molar-refractivity contribution is 7.15. The zero-order valence-electron chi connectivity index (χ0n) is 10.9. The molecule has 22 heavy (non-hydrogen) atoms. The molecule has 11 heteroatoms. The van der Waals surface area contributed by atoms with Crippen LogP contribution in [0.15, 0.2) is 22.8 Å². The molecule has 3 heterocycles. The number of nitrogens with zero attached hydrogens (tertiary/aromatic N) is 4. The Labute approximate surface area is 125 Å². The fourth-order valence-corrected chi connectivity index (χ4v) is 2.26. The van der Waals surface area contributed by atoms with Gasteiger partial charge in [0.25, 0.3) is 0 Å². The fraction of sp³-hybridized carbons (Fsp3) is 0.273. The van der Waals surface area contributed by atoms with Crippen LogP contribution in [0.25, 0.3) is 11.6 Å². The summed E-state index contributed by atoms with van der Waals surface area (Å²) < 4.78 is 42.3. The van der Waals surface area contributed by atoms with E-state index in [-0.39, 0.29) is 5.13 Å². The molecule has 0 fully saturated rings. The summed E-state index contributed by atoms with van der Waals surface area (Å²) in [5, 5.41) is 15.1. The van der Waals surface area contributed by atoms with Crippen LogP contribution in [0, 0.1) is 0 Å². The number of halogens is 3. The van der Waals surface area contributed by atoms with Crippen LogP contribution in [0.4, 0.5) is 18.3 Å². The molecule has 0 aliphatic carbocycles. The van der Waals surface area contributed by atoms with Crippen molar-refractivity contribution >= 4 is 16.5 Å². The molecule has 0 atom stereocenters. The van der Waals surface area contributed by atoms with Crippen LogP contribution in [0.3, 0.4) is 0 Å². The van der Waals surface area contributed by atoms with Gasteiger partial charge in [0, 0.05) is 13.0 Å². The number of alkyl halides is 3. The molecule has 0 bridgehead atoms. The lowest BCUT2D eigenvalue weighted by atomic mass is 10.4. The largest absolute Gasteiger partial charge is 0.461 e. The summed E-state index contributed by atoms with van der Waals surface area (Å²) in [6.45, 7) is 0.347. The average Bonchev–Trinajstić information content (AvgIpc) is 3.19. The molecule has 0 saturated carbocycles. The van der Waals surface area contributed by atoms with Gasteiger partial charge < -0.3 is 9.73 Å². The standard InChI is InChI=1S/C11H9F3N6OS/c12-11(13,14)9-19-20-10(22-9)15-4-3-7-16-8(18-17-7)6-2-1-5-21-6/h1-2,5H,3-4H2,(H,15,20)(H,16,17,18). The molecule has 0 saturated heterocycles. The highest BCUT2D eigenvalue weighted by atomic mass is 32.1. The van der Waals surface area contributed by atoms with Gasteiger partial charge in [-0.2, -0.15) is 18.3 Å². The first-order valence-electron chi connectivity index (χ1n) is 6.12. The van der Waals surface area contributed by atoms with E-state index in [0.717, 1.165) is 0 Å². The maximum absolute atomic E-state index is 12.4. The van der Waals surface area contributed by atoms with E-state index in [0.29, 0.717) is 41.7 Å². The Morgan fingerprint density at radius 2 is 2.18 bits per heavy atom. The van der Waals surface area contributed by atoms with Crippen LogP contribution >= 0.6 is 11.3 Å². The van der Waals surface area contributed by atoms with Gasteiger partial charge in [-0.25, -0.2) is 4.98 Å². The van der Waals surface area contributed by atoms with E-state index in [4.69, 9.17) is 4.42 Å². The zero-order valence-corrected chi connectivity index (χ0v) is 11.7. The van der Waals surface area contributed by atoms with Crippen molar-refractivity contribution in [3.05, 3.63) is 29.2 Å². The quantitative estimate of drug-likeness (QED) is 0.747. The smallest absolute Gasteiger partial charge is 0.445 e. The normalized spacial score (nSPS) is 11.8. The summed E-state index contributed by atoms with van der Waals surface area (Å²) in [5.41, 5.74) is 0. The number of anilines is 1. The summed E-state index contributed by atoms with van der Waals surface area (Å²) in [6, 6.07) is 3.45. The molecule has 0 amide bonds. The molecule has 0 aliphatic rings. The van der Waals surface area contributed by atoms with Gasteiger partial charge in [0.1, 0.15) is 5.82 Å². The number of hydrogen-bond acceptors (Lipinski definition) is 7. The van der Waals surface area contributed by atoms with E-state index in [2.05, 4.69) is 30.7 Å². The van der Waals surface area contributed by atoms with Crippen LogP contribution in [-0.4, -0.2) is 31.9 Å². The van der Waals surface area contributed by atoms with E-state index in [1.165, 1.54) is 6.26 Å². The lowest BCUT2D eigenvalue weighted by molar-refractivity contribution is -0.138. The van der Waals surface area contributed by atoms with E-state index in [9.17, 15) is 13.2 Å². The maximum Gasteiger partial charge on any atom is 0.445 e. The summed E-state index contributed by atoms with van der Waals surface area (Å²) in [7, 11) is 0. The number of rotatable bonds is 5. The lowest BCUT2D eigenvalue weighted by Gasteiger charge is -1.99. The van der Waals surface area contributed by atoms with Gasteiger partial charge in [0.2, 0.25) is 16.0 Å². The van der Waals surface area contributed by atoms with Crippen molar-refractivity contribution in [3.63, 3.8) is 0 Å². The second-order valence-electron chi connectivity index (χ2n) is 4.17. The number of aromatic amines is 1. The van der Waals surface area contributed by atoms with Crippen molar-refractivity contribution in [2.45, 2.75) is 12.6 Å². The molecule has 0 spiro atoms. The summed E-state index contributed by atoms with van der Waals surface area (Å²) in [6.07, 6.45) is -2.52. The molecule has 0 aliphatic heterocycles. The highest BCUT2D eigenvalue weighted by Gasteiger charge is 2.35. The number of furan rings is 1. The Balaban J connectivity index is 1.54. The Bertz CT molecular complexity index is 735. The monoisotopic (exact) mass is 330 g/mol. The first-order valence-corrected chi connectivity index (χ1v) is 6.94. The molecular weight excluding hydrogens is 321 g/mol. The van der Waals surface area contributed by atoms with Gasteiger partial charge in [0.05, 0.1) is 6.26 Å². The summed E-state index contributed by atoms with van der Waals surface area (Å²) in [5.74, 6) is 1.55. The van der Waals surface area contributed by atoms with Crippen molar-refractivity contribution in [1.82, 2.24) is 25.4 Å². The van der Waals surface area contributed by atoms with Gasteiger partial charge in [-0.3, -0.25) is 5.10 Å². The van der Waals surface area contributed by atoms with Crippen molar-refractivity contribution in [3.8, 4) is 11.6 Å². The maximum atomic E-state index is 12.4. The van der Waals surface area contributed by atoms with Crippen LogP contribution in [0.5, 0.6) is 0 Å². The molecule has 3 aromatic heterocycles. The number of hydrogen-bond donors (Lipinski definition) is 2. The molecule has 116 valence electrons. The number of aromatic nitrogens is 5. The average molecular weight is 330 g/mol. The van der Waals surface area contributed by atoms with Crippen LogP contribution in [0.1, 0.15) is 10.8 Å². The Kier molecular flexibility index (Phi) is 3.79. The molecule has 3 aromatic rings. The van der Waals surface area contributed by atoms with Crippen LogP contribution in [0.2, 0.25) is 0 Å². The third-order valence-corrected chi connectivity index (χ3v) is 3.50. The third kappa shape index (κ3) is 3.24. The minimum absolute atomic E-state index is 0.109. The first-order chi connectivity index (χ1) is 10.5. The molecule has 0 radical (unpaired) electrons. The Morgan fingerprint density at radius 3 is 2.86 bits per heavy atom. The predicted molar refractivity (Wildman–Crippen MR) is 71.2 cm³/mol. The minimum atomic E-state index is -4.47. The molecular formula is C11H9F3N6OS. The predicted octanol–water partition coefficient (Wildman–Crippen LogP) is 2.59. The second kappa shape index (κ2) is 5.75. The molecule has 2 N–H and O–H groups in total. The van der Waals surface area contributed by atoms with Crippen molar-refractivity contribution in [2.24, 2.45) is 0 Å². The van der Waals surface area contributed by atoms with Crippen LogP contribution < -0.4 is 5.32 Å². The zero-order chi connectivity index (χ0) is 15.6. The Hall–Kier alpha value is -2.43. The fourth-order valence-electron chi connectivity index (χ4n) is 1.62. The van der Waals surface area contributed by atoms with E-state index in [1.54, 1.807) is 12.1 Å². The van der Waals surface area contributed by atoms with Gasteiger partial charge >= 0.3 is 6.18 Å². The van der Waals surface area contributed by atoms with E-state index in [1.807, 2.05) is 0 Å². The van der Waals surface area contributed by atoms with Gasteiger partial charge in [0.15, 0.2) is 5.76 Å². The Morgan fingerprint density at radius 1 is 1.32 bits per heavy atom.